The van der Waals surface area contributed by atoms with Gasteiger partial charge in [-0.1, -0.05) is 19.4 Å². The van der Waals surface area contributed by atoms with Gasteiger partial charge in [0.15, 0.2) is 0 Å². The monoisotopic (exact) mass is 482 g/mol. The smallest absolute Gasteiger partial charge is 0.243 e. The maximum absolute atomic E-state index is 12.0. The molecule has 2 aromatic rings. The minimum atomic E-state index is -0.183. The van der Waals surface area contributed by atoms with Crippen LogP contribution in [0, 0.1) is 0 Å². The number of amides is 2. The molecule has 1 saturated carbocycles. The summed E-state index contributed by atoms with van der Waals surface area (Å²) in [6.45, 7) is 3.80. The highest BCUT2D eigenvalue weighted by Crippen LogP contribution is 2.30. The fourth-order valence-electron chi connectivity index (χ4n) is 4.18. The first kappa shape index (κ1) is 25.8. The van der Waals surface area contributed by atoms with Crippen LogP contribution < -0.4 is 29.9 Å². The molecule has 3 rings (SSSR count). The predicted molar refractivity (Wildman–Crippen MR) is 136 cm³/mol. The standard InChI is InChI=1S/C25H34N6O4/c1-6-23(33)27-21-9-7-8-10-22(21)28-25-26-14-17(24(29-25)30(2)3)15-31(16-32)18-11-19(34-4)13-20(12-18)35-5/h6,11-14,16,21-22H,1,7-10,15H2,2-5H3,(H,27,33)(H,26,28,29). The Bertz CT molecular complexity index is 1020. The van der Waals surface area contributed by atoms with Crippen molar-refractivity contribution in [3.8, 4) is 11.5 Å². The van der Waals surface area contributed by atoms with Crippen molar-refractivity contribution in [3.05, 3.63) is 42.6 Å². The molecule has 1 aliphatic rings. The summed E-state index contributed by atoms with van der Waals surface area (Å²) in [5.41, 5.74) is 1.40. The second-order valence-corrected chi connectivity index (χ2v) is 8.60. The molecule has 2 amide bonds. The summed E-state index contributed by atoms with van der Waals surface area (Å²) in [5, 5.41) is 6.40. The molecule has 0 bridgehead atoms. The summed E-state index contributed by atoms with van der Waals surface area (Å²) in [7, 11) is 6.91. The maximum Gasteiger partial charge on any atom is 0.243 e. The Hall–Kier alpha value is -3.82. The lowest BCUT2D eigenvalue weighted by Gasteiger charge is -2.32. The van der Waals surface area contributed by atoms with Crippen molar-refractivity contribution in [2.75, 3.05) is 43.4 Å². The van der Waals surface area contributed by atoms with E-state index in [4.69, 9.17) is 14.5 Å². The zero-order chi connectivity index (χ0) is 25.4. The van der Waals surface area contributed by atoms with Crippen LogP contribution in [-0.2, 0) is 16.1 Å². The summed E-state index contributed by atoms with van der Waals surface area (Å²) in [6.07, 6.45) is 7.68. The average Bonchev–Trinajstić information content (AvgIpc) is 2.88. The van der Waals surface area contributed by atoms with Gasteiger partial charge in [0.2, 0.25) is 18.3 Å². The third-order valence-corrected chi connectivity index (χ3v) is 5.99. The van der Waals surface area contributed by atoms with Gasteiger partial charge in [-0.3, -0.25) is 9.59 Å². The molecule has 1 aromatic carbocycles. The Labute approximate surface area is 206 Å². The second kappa shape index (κ2) is 12.0. The van der Waals surface area contributed by atoms with E-state index in [1.165, 1.54) is 6.08 Å². The molecule has 0 saturated heterocycles. The number of benzene rings is 1. The van der Waals surface area contributed by atoms with Crippen LogP contribution >= 0.6 is 0 Å². The summed E-state index contributed by atoms with van der Waals surface area (Å²) < 4.78 is 10.7. The van der Waals surface area contributed by atoms with Gasteiger partial charge in [-0.2, -0.15) is 4.98 Å². The zero-order valence-electron chi connectivity index (χ0n) is 20.8. The number of carbonyl (C=O) groups is 2. The van der Waals surface area contributed by atoms with Crippen molar-refractivity contribution < 1.29 is 19.1 Å². The van der Waals surface area contributed by atoms with Gasteiger partial charge in [0.05, 0.1) is 26.5 Å². The molecule has 188 valence electrons. The van der Waals surface area contributed by atoms with Gasteiger partial charge in [-0.05, 0) is 18.9 Å². The number of aromatic nitrogens is 2. The minimum Gasteiger partial charge on any atom is -0.497 e. The number of anilines is 3. The van der Waals surface area contributed by atoms with Gasteiger partial charge >= 0.3 is 0 Å². The quantitative estimate of drug-likeness (QED) is 0.372. The molecule has 1 aromatic heterocycles. The van der Waals surface area contributed by atoms with Gasteiger partial charge in [-0.15, -0.1) is 0 Å². The van der Waals surface area contributed by atoms with Crippen LogP contribution in [0.25, 0.3) is 0 Å². The number of nitrogens with one attached hydrogen (secondary N) is 2. The molecule has 1 fully saturated rings. The van der Waals surface area contributed by atoms with Gasteiger partial charge in [0.25, 0.3) is 0 Å². The fourth-order valence-corrected chi connectivity index (χ4v) is 4.18. The number of methoxy groups -OCH3 is 2. The normalized spacial score (nSPS) is 17.1. The molecule has 0 radical (unpaired) electrons. The Kier molecular flexibility index (Phi) is 8.88. The van der Waals surface area contributed by atoms with E-state index in [9.17, 15) is 9.59 Å². The topological polar surface area (TPSA) is 109 Å². The molecular formula is C25H34N6O4. The predicted octanol–water partition coefficient (Wildman–Crippen LogP) is 2.75. The van der Waals surface area contributed by atoms with E-state index in [0.717, 1.165) is 37.7 Å². The Morgan fingerprint density at radius 1 is 1.14 bits per heavy atom. The number of hydrogen-bond acceptors (Lipinski definition) is 8. The number of carbonyl (C=O) groups excluding carboxylic acids is 2. The minimum absolute atomic E-state index is 0.0178. The van der Waals surface area contributed by atoms with Crippen molar-refractivity contribution >= 4 is 29.8 Å². The van der Waals surface area contributed by atoms with E-state index < -0.39 is 0 Å². The van der Waals surface area contributed by atoms with Crippen molar-refractivity contribution in [1.29, 1.82) is 0 Å². The molecule has 1 aliphatic carbocycles. The Balaban J connectivity index is 1.83. The molecule has 0 aliphatic heterocycles. The molecule has 0 spiro atoms. The molecule has 1 heterocycles. The van der Waals surface area contributed by atoms with Crippen molar-refractivity contribution in [1.82, 2.24) is 15.3 Å². The number of rotatable bonds is 11. The molecular weight excluding hydrogens is 448 g/mol. The van der Waals surface area contributed by atoms with Crippen LogP contribution in [0.3, 0.4) is 0 Å². The molecule has 35 heavy (non-hydrogen) atoms. The van der Waals surface area contributed by atoms with Crippen LogP contribution in [0.15, 0.2) is 37.1 Å². The lowest BCUT2D eigenvalue weighted by atomic mass is 9.90. The highest BCUT2D eigenvalue weighted by molar-refractivity contribution is 5.87. The van der Waals surface area contributed by atoms with Crippen LogP contribution in [-0.4, -0.2) is 62.7 Å². The third-order valence-electron chi connectivity index (χ3n) is 5.99. The van der Waals surface area contributed by atoms with E-state index in [0.29, 0.717) is 29.0 Å². The first-order valence-electron chi connectivity index (χ1n) is 11.6. The summed E-state index contributed by atoms with van der Waals surface area (Å²) in [4.78, 5) is 36.5. The van der Waals surface area contributed by atoms with E-state index in [-0.39, 0.29) is 24.5 Å². The van der Waals surface area contributed by atoms with Gasteiger partial charge in [0.1, 0.15) is 17.3 Å². The van der Waals surface area contributed by atoms with Crippen molar-refractivity contribution in [2.45, 2.75) is 44.3 Å². The van der Waals surface area contributed by atoms with E-state index in [1.807, 2.05) is 19.0 Å². The van der Waals surface area contributed by atoms with Gasteiger partial charge in [-0.25, -0.2) is 4.98 Å². The number of nitrogens with zero attached hydrogens (tertiary/aromatic N) is 4. The molecule has 2 N–H and O–H groups in total. The Morgan fingerprint density at radius 3 is 2.37 bits per heavy atom. The van der Waals surface area contributed by atoms with Gasteiger partial charge in [0, 0.05) is 56.1 Å². The summed E-state index contributed by atoms with van der Waals surface area (Å²) in [6, 6.07) is 5.28. The van der Waals surface area contributed by atoms with Crippen molar-refractivity contribution in [2.24, 2.45) is 0 Å². The first-order valence-corrected chi connectivity index (χ1v) is 11.6. The molecule has 10 nitrogen and oxygen atoms in total. The van der Waals surface area contributed by atoms with Crippen LogP contribution in [0.1, 0.15) is 31.2 Å². The average molecular weight is 483 g/mol. The van der Waals surface area contributed by atoms with Crippen LogP contribution in [0.5, 0.6) is 11.5 Å². The zero-order valence-corrected chi connectivity index (χ0v) is 20.8. The molecule has 2 unspecified atom stereocenters. The highest BCUT2D eigenvalue weighted by Gasteiger charge is 2.27. The third kappa shape index (κ3) is 6.62. The highest BCUT2D eigenvalue weighted by atomic mass is 16.5. The number of ether oxygens (including phenoxy) is 2. The number of hydrogen-bond donors (Lipinski definition) is 2. The summed E-state index contributed by atoms with van der Waals surface area (Å²) >= 11 is 0. The fraction of sp³-hybridized carbons (Fsp3) is 0.440. The van der Waals surface area contributed by atoms with Crippen molar-refractivity contribution in [3.63, 3.8) is 0 Å². The van der Waals surface area contributed by atoms with Crippen LogP contribution in [0.2, 0.25) is 0 Å². The van der Waals surface area contributed by atoms with Crippen LogP contribution in [0.4, 0.5) is 17.5 Å². The maximum atomic E-state index is 12.0. The van der Waals surface area contributed by atoms with Gasteiger partial charge < -0.3 is 29.9 Å². The first-order chi connectivity index (χ1) is 16.9. The summed E-state index contributed by atoms with van der Waals surface area (Å²) in [5.74, 6) is 2.15. The largest absolute Gasteiger partial charge is 0.497 e. The lowest BCUT2D eigenvalue weighted by molar-refractivity contribution is -0.117. The molecule has 2 atom stereocenters. The SMILES string of the molecule is C=CC(=O)NC1CCCCC1Nc1ncc(CN(C=O)c2cc(OC)cc(OC)c2)c(N(C)C)n1. The Morgan fingerprint density at radius 2 is 1.80 bits per heavy atom. The van der Waals surface area contributed by atoms with E-state index in [2.05, 4.69) is 22.2 Å². The second-order valence-electron chi connectivity index (χ2n) is 8.60. The molecule has 10 heteroatoms. The lowest BCUT2D eigenvalue weighted by Crippen LogP contribution is -2.48. The van der Waals surface area contributed by atoms with E-state index in [1.54, 1.807) is 43.5 Å². The van der Waals surface area contributed by atoms with E-state index >= 15 is 0 Å².